The normalized spacial score (nSPS) is 26.4. The van der Waals surface area contributed by atoms with Crippen LogP contribution in [-0.2, 0) is 4.74 Å². The molecule has 0 bridgehead atoms. The number of nitrogens with zero attached hydrogens (tertiary/aromatic N) is 3. The standard InChI is InChI=1S/C15H20N4O/c1-11-7-13(8-12(2)20-11)18-14-5-3-4-6-15(14)19-10-16-9-17-19/h3-6,9-13,18H,7-8H2,1-2H3. The maximum Gasteiger partial charge on any atom is 0.138 e. The fourth-order valence-electron chi connectivity index (χ4n) is 2.87. The Kier molecular flexibility index (Phi) is 3.69. The Morgan fingerprint density at radius 3 is 2.65 bits per heavy atom. The zero-order chi connectivity index (χ0) is 13.9. The molecule has 3 rings (SSSR count). The van der Waals surface area contributed by atoms with Crippen molar-refractivity contribution in [2.75, 3.05) is 5.32 Å². The maximum atomic E-state index is 5.79. The third kappa shape index (κ3) is 2.82. The number of anilines is 1. The molecule has 1 aromatic carbocycles. The van der Waals surface area contributed by atoms with E-state index in [1.54, 1.807) is 17.3 Å². The van der Waals surface area contributed by atoms with Crippen LogP contribution < -0.4 is 5.32 Å². The first-order valence-electron chi connectivity index (χ1n) is 7.08. The first-order chi connectivity index (χ1) is 9.72. The molecule has 2 heterocycles. The molecule has 1 aliphatic rings. The van der Waals surface area contributed by atoms with E-state index >= 15 is 0 Å². The number of benzene rings is 1. The lowest BCUT2D eigenvalue weighted by Crippen LogP contribution is -2.37. The van der Waals surface area contributed by atoms with Crippen molar-refractivity contribution < 1.29 is 4.74 Å². The molecule has 1 saturated heterocycles. The summed E-state index contributed by atoms with van der Waals surface area (Å²) in [6.07, 6.45) is 5.92. The van der Waals surface area contributed by atoms with E-state index in [1.165, 1.54) is 0 Å². The highest BCUT2D eigenvalue weighted by atomic mass is 16.5. The Labute approximate surface area is 119 Å². The number of rotatable bonds is 3. The van der Waals surface area contributed by atoms with Crippen molar-refractivity contribution in [2.45, 2.75) is 44.9 Å². The van der Waals surface area contributed by atoms with Gasteiger partial charge in [0.25, 0.3) is 0 Å². The number of hydrogen-bond acceptors (Lipinski definition) is 4. The highest BCUT2D eigenvalue weighted by Gasteiger charge is 2.24. The molecule has 5 heteroatoms. The lowest BCUT2D eigenvalue weighted by Gasteiger charge is -2.33. The van der Waals surface area contributed by atoms with Gasteiger partial charge >= 0.3 is 0 Å². The van der Waals surface area contributed by atoms with Crippen LogP contribution in [0.4, 0.5) is 5.69 Å². The van der Waals surface area contributed by atoms with Gasteiger partial charge in [0.1, 0.15) is 12.7 Å². The maximum absolute atomic E-state index is 5.79. The van der Waals surface area contributed by atoms with Crippen molar-refractivity contribution in [1.82, 2.24) is 14.8 Å². The van der Waals surface area contributed by atoms with Crippen molar-refractivity contribution in [3.05, 3.63) is 36.9 Å². The monoisotopic (exact) mass is 272 g/mol. The van der Waals surface area contributed by atoms with Crippen LogP contribution >= 0.6 is 0 Å². The fourth-order valence-corrected chi connectivity index (χ4v) is 2.87. The molecule has 0 amide bonds. The summed E-state index contributed by atoms with van der Waals surface area (Å²) in [6.45, 7) is 4.27. The zero-order valence-electron chi connectivity index (χ0n) is 11.9. The van der Waals surface area contributed by atoms with E-state index in [1.807, 2.05) is 18.2 Å². The predicted octanol–water partition coefficient (Wildman–Crippen LogP) is 2.64. The van der Waals surface area contributed by atoms with E-state index in [-0.39, 0.29) is 0 Å². The van der Waals surface area contributed by atoms with Crippen LogP contribution in [0, 0.1) is 0 Å². The summed E-state index contributed by atoms with van der Waals surface area (Å²) in [4.78, 5) is 4.01. The summed E-state index contributed by atoms with van der Waals surface area (Å²) in [7, 11) is 0. The Morgan fingerprint density at radius 1 is 1.20 bits per heavy atom. The molecule has 20 heavy (non-hydrogen) atoms. The van der Waals surface area contributed by atoms with Gasteiger partial charge < -0.3 is 10.1 Å². The van der Waals surface area contributed by atoms with Gasteiger partial charge in [0.05, 0.1) is 23.6 Å². The van der Waals surface area contributed by atoms with Gasteiger partial charge in [-0.25, -0.2) is 9.67 Å². The van der Waals surface area contributed by atoms with Crippen LogP contribution in [0.15, 0.2) is 36.9 Å². The molecule has 2 unspecified atom stereocenters. The topological polar surface area (TPSA) is 52.0 Å². The highest BCUT2D eigenvalue weighted by Crippen LogP contribution is 2.25. The van der Waals surface area contributed by atoms with Gasteiger partial charge in [-0.1, -0.05) is 12.1 Å². The van der Waals surface area contributed by atoms with Crippen LogP contribution in [0.1, 0.15) is 26.7 Å². The Bertz CT molecular complexity index is 545. The molecular formula is C15H20N4O. The number of nitrogens with one attached hydrogen (secondary N) is 1. The van der Waals surface area contributed by atoms with Crippen molar-refractivity contribution in [2.24, 2.45) is 0 Å². The molecular weight excluding hydrogens is 252 g/mol. The minimum absolute atomic E-state index is 0.301. The Morgan fingerprint density at radius 2 is 1.95 bits per heavy atom. The number of para-hydroxylation sites is 2. The van der Waals surface area contributed by atoms with E-state index in [0.717, 1.165) is 24.2 Å². The van der Waals surface area contributed by atoms with E-state index in [9.17, 15) is 0 Å². The molecule has 0 saturated carbocycles. The van der Waals surface area contributed by atoms with Crippen LogP contribution in [-0.4, -0.2) is 33.0 Å². The molecule has 0 aliphatic carbocycles. The van der Waals surface area contributed by atoms with Crippen molar-refractivity contribution in [3.63, 3.8) is 0 Å². The average Bonchev–Trinajstić information content (AvgIpc) is 2.92. The smallest absolute Gasteiger partial charge is 0.138 e. The summed E-state index contributed by atoms with van der Waals surface area (Å²) < 4.78 is 7.58. The summed E-state index contributed by atoms with van der Waals surface area (Å²) in [5.74, 6) is 0. The van der Waals surface area contributed by atoms with Gasteiger partial charge in [-0.15, -0.1) is 0 Å². The average molecular weight is 272 g/mol. The van der Waals surface area contributed by atoms with Crippen molar-refractivity contribution >= 4 is 5.69 Å². The lowest BCUT2D eigenvalue weighted by atomic mass is 9.99. The Balaban J connectivity index is 1.81. The third-order valence-electron chi connectivity index (χ3n) is 3.63. The largest absolute Gasteiger partial charge is 0.380 e. The third-order valence-corrected chi connectivity index (χ3v) is 3.63. The first kappa shape index (κ1) is 13.1. The van der Waals surface area contributed by atoms with E-state index in [2.05, 4.69) is 35.3 Å². The molecule has 1 N–H and O–H groups in total. The van der Waals surface area contributed by atoms with Crippen molar-refractivity contribution in [3.8, 4) is 5.69 Å². The second kappa shape index (κ2) is 5.63. The van der Waals surface area contributed by atoms with Gasteiger partial charge in [-0.2, -0.15) is 5.10 Å². The van der Waals surface area contributed by atoms with Crippen LogP contribution in [0.25, 0.3) is 5.69 Å². The van der Waals surface area contributed by atoms with Gasteiger partial charge in [0.2, 0.25) is 0 Å². The SMILES string of the molecule is CC1CC(Nc2ccccc2-n2cncn2)CC(C)O1. The van der Waals surface area contributed by atoms with Gasteiger partial charge in [-0.3, -0.25) is 0 Å². The molecule has 1 aromatic heterocycles. The van der Waals surface area contributed by atoms with Crippen molar-refractivity contribution in [1.29, 1.82) is 0 Å². The van der Waals surface area contributed by atoms with Gasteiger partial charge in [-0.05, 0) is 38.8 Å². The molecule has 0 radical (unpaired) electrons. The summed E-state index contributed by atoms with van der Waals surface area (Å²) in [5, 5.41) is 7.84. The van der Waals surface area contributed by atoms with Crippen LogP contribution in [0.5, 0.6) is 0 Å². The molecule has 5 nitrogen and oxygen atoms in total. The summed E-state index contributed by atoms with van der Waals surface area (Å²) >= 11 is 0. The second-order valence-corrected chi connectivity index (χ2v) is 5.43. The molecule has 2 aromatic rings. The number of aromatic nitrogens is 3. The lowest BCUT2D eigenvalue weighted by molar-refractivity contribution is -0.0337. The molecule has 0 spiro atoms. The number of hydrogen-bond donors (Lipinski definition) is 1. The molecule has 1 fully saturated rings. The van der Waals surface area contributed by atoms with Gasteiger partial charge in [0, 0.05) is 6.04 Å². The molecule has 2 atom stereocenters. The molecule has 106 valence electrons. The minimum Gasteiger partial charge on any atom is -0.380 e. The summed E-state index contributed by atoms with van der Waals surface area (Å²) in [5.41, 5.74) is 2.11. The Hall–Kier alpha value is -1.88. The van der Waals surface area contributed by atoms with Crippen LogP contribution in [0.3, 0.4) is 0 Å². The number of ether oxygens (including phenoxy) is 1. The highest BCUT2D eigenvalue weighted by molar-refractivity contribution is 5.60. The van der Waals surface area contributed by atoms with Gasteiger partial charge in [0.15, 0.2) is 0 Å². The van der Waals surface area contributed by atoms with E-state index < -0.39 is 0 Å². The molecule has 1 aliphatic heterocycles. The fraction of sp³-hybridized carbons (Fsp3) is 0.467. The van der Waals surface area contributed by atoms with E-state index in [0.29, 0.717) is 18.2 Å². The predicted molar refractivity (Wildman–Crippen MR) is 78.0 cm³/mol. The zero-order valence-corrected chi connectivity index (χ0v) is 11.9. The first-order valence-corrected chi connectivity index (χ1v) is 7.08. The van der Waals surface area contributed by atoms with Crippen LogP contribution in [0.2, 0.25) is 0 Å². The quantitative estimate of drug-likeness (QED) is 0.933. The minimum atomic E-state index is 0.301. The second-order valence-electron chi connectivity index (χ2n) is 5.43. The summed E-state index contributed by atoms with van der Waals surface area (Å²) in [6, 6.07) is 8.61. The van der Waals surface area contributed by atoms with E-state index in [4.69, 9.17) is 4.74 Å².